The number of hydrogen-bond acceptors (Lipinski definition) is 5. The number of benzene rings is 1. The average molecular weight is 376 g/mol. The molecule has 0 radical (unpaired) electrons. The van der Waals surface area contributed by atoms with Crippen molar-refractivity contribution < 1.29 is 0 Å². The van der Waals surface area contributed by atoms with E-state index in [2.05, 4.69) is 32.2 Å². The van der Waals surface area contributed by atoms with E-state index in [4.69, 9.17) is 0 Å². The highest BCUT2D eigenvalue weighted by Crippen LogP contribution is 2.24. The van der Waals surface area contributed by atoms with Crippen molar-refractivity contribution in [1.82, 2.24) is 29.3 Å². The monoisotopic (exact) mass is 376 g/mol. The zero-order valence-electron chi connectivity index (χ0n) is 15.9. The third-order valence-electron chi connectivity index (χ3n) is 4.67. The molecule has 0 aliphatic carbocycles. The molecule has 0 fully saturated rings. The average Bonchev–Trinajstić information content (AvgIpc) is 3.05. The third kappa shape index (κ3) is 3.13. The Kier molecular flexibility index (Phi) is 4.38. The van der Waals surface area contributed by atoms with Gasteiger partial charge in [-0.2, -0.15) is 5.10 Å². The lowest BCUT2D eigenvalue weighted by molar-refractivity contribution is 0.616. The summed E-state index contributed by atoms with van der Waals surface area (Å²) >= 11 is 0. The molecule has 0 saturated heterocycles. The highest BCUT2D eigenvalue weighted by molar-refractivity contribution is 5.90. The van der Waals surface area contributed by atoms with Gasteiger partial charge in [0.05, 0.1) is 5.39 Å². The Morgan fingerprint density at radius 3 is 2.57 bits per heavy atom. The van der Waals surface area contributed by atoms with Crippen LogP contribution in [0.5, 0.6) is 0 Å². The molecule has 0 atom stereocenters. The first-order valence-electron chi connectivity index (χ1n) is 9.00. The zero-order valence-corrected chi connectivity index (χ0v) is 15.9. The molecule has 4 rings (SSSR count). The van der Waals surface area contributed by atoms with Crippen LogP contribution >= 0.6 is 0 Å². The second-order valence-corrected chi connectivity index (χ2v) is 6.77. The fraction of sp³-hybridized carbons (Fsp3) is 0.250. The van der Waals surface area contributed by atoms with Gasteiger partial charge in [-0.3, -0.25) is 14.3 Å². The summed E-state index contributed by atoms with van der Waals surface area (Å²) in [6.45, 7) is 4.26. The fourth-order valence-electron chi connectivity index (χ4n) is 3.33. The number of pyridine rings is 1. The summed E-state index contributed by atoms with van der Waals surface area (Å²) in [7, 11) is 1.59. The van der Waals surface area contributed by atoms with Gasteiger partial charge in [0.1, 0.15) is 11.5 Å². The molecular weight excluding hydrogens is 356 g/mol. The van der Waals surface area contributed by atoms with E-state index in [0.717, 1.165) is 6.42 Å². The Hall–Kier alpha value is -3.55. The summed E-state index contributed by atoms with van der Waals surface area (Å²) in [6.07, 6.45) is 0.785. The number of nitrogens with zero attached hydrogens (tertiary/aromatic N) is 5. The van der Waals surface area contributed by atoms with Crippen LogP contribution in [0.25, 0.3) is 22.4 Å². The van der Waals surface area contributed by atoms with Crippen molar-refractivity contribution in [2.24, 2.45) is 7.05 Å². The lowest BCUT2D eigenvalue weighted by Crippen LogP contribution is -2.29. The number of rotatable bonds is 4. The van der Waals surface area contributed by atoms with Gasteiger partial charge >= 0.3 is 5.69 Å². The molecule has 1 aromatic carbocycles. The Bertz CT molecular complexity index is 1280. The van der Waals surface area contributed by atoms with E-state index in [0.29, 0.717) is 40.5 Å². The Morgan fingerprint density at radius 2 is 1.82 bits per heavy atom. The maximum Gasteiger partial charge on any atom is 0.329 e. The number of aromatic amines is 1. The van der Waals surface area contributed by atoms with Crippen molar-refractivity contribution in [2.75, 3.05) is 0 Å². The zero-order chi connectivity index (χ0) is 19.8. The van der Waals surface area contributed by atoms with Gasteiger partial charge in [-0.1, -0.05) is 30.3 Å². The van der Waals surface area contributed by atoms with Crippen LogP contribution in [-0.2, 0) is 20.0 Å². The van der Waals surface area contributed by atoms with Gasteiger partial charge in [-0.15, -0.1) is 0 Å². The molecule has 28 heavy (non-hydrogen) atoms. The molecule has 4 aromatic rings. The van der Waals surface area contributed by atoms with Gasteiger partial charge in [-0.25, -0.2) is 19.4 Å². The normalized spacial score (nSPS) is 11.2. The first-order valence-corrected chi connectivity index (χ1v) is 9.00. The molecule has 0 aliphatic heterocycles. The van der Waals surface area contributed by atoms with Gasteiger partial charge in [0, 0.05) is 24.8 Å². The minimum absolute atomic E-state index is 0.332. The van der Waals surface area contributed by atoms with Crippen LogP contribution in [0.2, 0.25) is 0 Å². The van der Waals surface area contributed by atoms with Crippen LogP contribution in [0, 0.1) is 13.8 Å². The van der Waals surface area contributed by atoms with E-state index in [1.165, 1.54) is 10.1 Å². The molecule has 1 N–H and O–H groups in total. The summed E-state index contributed by atoms with van der Waals surface area (Å²) in [4.78, 5) is 35.9. The van der Waals surface area contributed by atoms with Crippen LogP contribution in [0.15, 0.2) is 46.0 Å². The van der Waals surface area contributed by atoms with Crippen molar-refractivity contribution in [3.05, 3.63) is 74.3 Å². The van der Waals surface area contributed by atoms with Crippen LogP contribution in [-0.4, -0.2) is 29.3 Å². The van der Waals surface area contributed by atoms with Gasteiger partial charge in [-0.05, 0) is 31.9 Å². The Balaban J connectivity index is 1.88. The van der Waals surface area contributed by atoms with Crippen LogP contribution < -0.4 is 11.2 Å². The maximum atomic E-state index is 12.6. The van der Waals surface area contributed by atoms with Crippen LogP contribution in [0.4, 0.5) is 0 Å². The van der Waals surface area contributed by atoms with E-state index in [-0.39, 0.29) is 0 Å². The molecule has 0 saturated carbocycles. The molecule has 142 valence electrons. The first kappa shape index (κ1) is 17.8. The molecule has 0 bridgehead atoms. The van der Waals surface area contributed by atoms with Gasteiger partial charge < -0.3 is 0 Å². The highest BCUT2D eigenvalue weighted by atomic mass is 16.2. The summed E-state index contributed by atoms with van der Waals surface area (Å²) in [6, 6.07) is 11.9. The number of fused-ring (bicyclic) bond motifs is 1. The fourth-order valence-corrected chi connectivity index (χ4v) is 3.33. The topological polar surface area (TPSA) is 98.5 Å². The molecule has 0 unspecified atom stereocenters. The molecule has 0 amide bonds. The number of hydrogen-bond donors (Lipinski definition) is 1. The SMILES string of the molecule is Cc1cc(-c2nc(C)nn2CCc2ccccc2)c2c(=O)[nH]c(=O)n(C)c2n1. The minimum atomic E-state index is -0.497. The predicted octanol–water partition coefficient (Wildman–Crippen LogP) is 1.74. The second kappa shape index (κ2) is 6.88. The van der Waals surface area contributed by atoms with Crippen molar-refractivity contribution in [3.63, 3.8) is 0 Å². The first-order chi connectivity index (χ1) is 13.4. The number of aromatic nitrogens is 6. The lowest BCUT2D eigenvalue weighted by Gasteiger charge is -2.11. The molecule has 8 heteroatoms. The molecule has 0 spiro atoms. The summed E-state index contributed by atoms with van der Waals surface area (Å²) in [5, 5.41) is 4.85. The number of nitrogens with one attached hydrogen (secondary N) is 1. The molecule has 3 heterocycles. The Labute approximate surface area is 160 Å². The van der Waals surface area contributed by atoms with Crippen molar-refractivity contribution in [1.29, 1.82) is 0 Å². The third-order valence-corrected chi connectivity index (χ3v) is 4.67. The lowest BCUT2D eigenvalue weighted by atomic mass is 10.1. The summed E-state index contributed by atoms with van der Waals surface area (Å²) in [5.41, 5.74) is 1.86. The van der Waals surface area contributed by atoms with Crippen molar-refractivity contribution in [2.45, 2.75) is 26.8 Å². The van der Waals surface area contributed by atoms with Crippen LogP contribution in [0.1, 0.15) is 17.1 Å². The van der Waals surface area contributed by atoms with E-state index >= 15 is 0 Å². The minimum Gasteiger partial charge on any atom is -0.281 e. The van der Waals surface area contributed by atoms with E-state index in [1.807, 2.05) is 38.1 Å². The van der Waals surface area contributed by atoms with E-state index in [9.17, 15) is 9.59 Å². The number of H-pyrrole nitrogens is 1. The molecular formula is C20H20N6O2. The number of aryl methyl sites for hydroxylation is 5. The molecule has 8 nitrogen and oxygen atoms in total. The van der Waals surface area contributed by atoms with Gasteiger partial charge in [0.25, 0.3) is 5.56 Å². The van der Waals surface area contributed by atoms with Gasteiger partial charge in [0.2, 0.25) is 0 Å². The smallest absolute Gasteiger partial charge is 0.281 e. The summed E-state index contributed by atoms with van der Waals surface area (Å²) in [5.74, 6) is 1.21. The largest absolute Gasteiger partial charge is 0.329 e. The van der Waals surface area contributed by atoms with Crippen molar-refractivity contribution >= 4 is 11.0 Å². The van der Waals surface area contributed by atoms with E-state index < -0.39 is 11.2 Å². The van der Waals surface area contributed by atoms with Gasteiger partial charge in [0.15, 0.2) is 5.82 Å². The highest BCUT2D eigenvalue weighted by Gasteiger charge is 2.18. The quantitative estimate of drug-likeness (QED) is 0.585. The van der Waals surface area contributed by atoms with Crippen LogP contribution in [0.3, 0.4) is 0 Å². The Morgan fingerprint density at radius 1 is 1.07 bits per heavy atom. The molecule has 3 aromatic heterocycles. The maximum absolute atomic E-state index is 12.6. The van der Waals surface area contributed by atoms with E-state index in [1.54, 1.807) is 11.7 Å². The molecule has 0 aliphatic rings. The summed E-state index contributed by atoms with van der Waals surface area (Å²) < 4.78 is 3.14. The second-order valence-electron chi connectivity index (χ2n) is 6.77. The standard InChI is InChI=1S/C20H20N6O2/c1-12-11-15(16-18(21-12)25(3)20(28)23-19(16)27)17-22-13(2)24-26(17)10-9-14-7-5-4-6-8-14/h4-8,11H,9-10H2,1-3H3,(H,23,27,28). The van der Waals surface area contributed by atoms with Crippen molar-refractivity contribution in [3.8, 4) is 11.4 Å². The predicted molar refractivity (Wildman–Crippen MR) is 106 cm³/mol.